The number of hydrogen-bond acceptors (Lipinski definition) is 3. The van der Waals surface area contributed by atoms with Gasteiger partial charge < -0.3 is 14.0 Å². The van der Waals surface area contributed by atoms with Crippen molar-refractivity contribution in [1.29, 1.82) is 0 Å². The van der Waals surface area contributed by atoms with E-state index in [2.05, 4.69) is 17.8 Å². The average molecular weight is 176 g/mol. The Morgan fingerprint density at radius 2 is 1.08 bits per heavy atom. The third-order valence-corrected chi connectivity index (χ3v) is 0.908. The Morgan fingerprint density at radius 1 is 0.769 bits per heavy atom. The van der Waals surface area contributed by atoms with Crippen molar-refractivity contribution in [3.05, 3.63) is 0 Å². The van der Waals surface area contributed by atoms with Gasteiger partial charge in [-0.2, -0.15) is 0 Å². The zero-order valence-electron chi connectivity index (χ0n) is 7.16. The Labute approximate surface area is 78.9 Å². The standard InChI is InChI=1S/C9H9BO3/c1-4-7-11-10(12-8-5-2)13-9-6-3/h1-3H,7-9H2. The van der Waals surface area contributed by atoms with Crippen molar-refractivity contribution in [3.63, 3.8) is 0 Å². The van der Waals surface area contributed by atoms with Crippen LogP contribution in [0.5, 0.6) is 0 Å². The van der Waals surface area contributed by atoms with Crippen molar-refractivity contribution >= 4 is 7.32 Å². The van der Waals surface area contributed by atoms with Gasteiger partial charge in [-0.05, 0) is 0 Å². The molecule has 13 heavy (non-hydrogen) atoms. The molecule has 0 rings (SSSR count). The van der Waals surface area contributed by atoms with Crippen LogP contribution in [0.15, 0.2) is 0 Å². The summed E-state index contributed by atoms with van der Waals surface area (Å²) < 4.78 is 14.8. The highest BCUT2D eigenvalue weighted by molar-refractivity contribution is 6.36. The van der Waals surface area contributed by atoms with E-state index in [0.29, 0.717) is 0 Å². The van der Waals surface area contributed by atoms with Crippen molar-refractivity contribution in [2.75, 3.05) is 19.8 Å². The average Bonchev–Trinajstić information content (AvgIpc) is 2.17. The van der Waals surface area contributed by atoms with Crippen molar-refractivity contribution in [2.45, 2.75) is 0 Å². The van der Waals surface area contributed by atoms with Crippen LogP contribution >= 0.6 is 0 Å². The fourth-order valence-electron chi connectivity index (χ4n) is 0.493. The Bertz CT molecular complexity index is 200. The molecule has 0 aliphatic rings. The first-order valence-electron chi connectivity index (χ1n) is 3.50. The van der Waals surface area contributed by atoms with E-state index < -0.39 is 7.32 Å². The first kappa shape index (κ1) is 11.6. The van der Waals surface area contributed by atoms with Gasteiger partial charge in [-0.25, -0.2) is 0 Å². The maximum Gasteiger partial charge on any atom is 0.641 e. The molecule has 0 radical (unpaired) electrons. The van der Waals surface area contributed by atoms with E-state index >= 15 is 0 Å². The number of rotatable bonds is 6. The zero-order chi connectivity index (χ0) is 9.94. The van der Waals surface area contributed by atoms with Crippen LogP contribution in [-0.2, 0) is 14.0 Å². The largest absolute Gasteiger partial charge is 0.641 e. The van der Waals surface area contributed by atoms with Gasteiger partial charge in [0, 0.05) is 0 Å². The van der Waals surface area contributed by atoms with Crippen molar-refractivity contribution < 1.29 is 14.0 Å². The molecule has 0 aromatic carbocycles. The summed E-state index contributed by atoms with van der Waals surface area (Å²) >= 11 is 0. The molecule has 0 aliphatic heterocycles. The second-order valence-electron chi connectivity index (χ2n) is 1.83. The lowest BCUT2D eigenvalue weighted by Crippen LogP contribution is -2.27. The highest BCUT2D eigenvalue weighted by atomic mass is 16.7. The predicted molar refractivity (Wildman–Crippen MR) is 50.1 cm³/mol. The SMILES string of the molecule is C#CCOB(OCC#C)OCC#C. The first-order valence-corrected chi connectivity index (χ1v) is 3.50. The van der Waals surface area contributed by atoms with E-state index in [1.807, 2.05) is 0 Å². The van der Waals surface area contributed by atoms with E-state index in [9.17, 15) is 0 Å². The summed E-state index contributed by atoms with van der Waals surface area (Å²) in [7, 11) is -0.886. The monoisotopic (exact) mass is 176 g/mol. The van der Waals surface area contributed by atoms with Crippen LogP contribution in [0.25, 0.3) is 0 Å². The summed E-state index contributed by atoms with van der Waals surface area (Å²) in [6.07, 6.45) is 14.9. The van der Waals surface area contributed by atoms with E-state index in [1.54, 1.807) is 0 Å². The minimum absolute atomic E-state index is 0.0831. The molecule has 0 aromatic heterocycles. The molecule has 4 heteroatoms. The number of hydrogen-bond donors (Lipinski definition) is 0. The second kappa shape index (κ2) is 8.72. The second-order valence-corrected chi connectivity index (χ2v) is 1.83. The molecule has 0 fully saturated rings. The fourth-order valence-corrected chi connectivity index (χ4v) is 0.493. The van der Waals surface area contributed by atoms with Gasteiger partial charge in [0.2, 0.25) is 0 Å². The van der Waals surface area contributed by atoms with Crippen molar-refractivity contribution in [1.82, 2.24) is 0 Å². The highest BCUT2D eigenvalue weighted by Gasteiger charge is 2.19. The van der Waals surface area contributed by atoms with Gasteiger partial charge in [-0.3, -0.25) is 0 Å². The molecule has 0 atom stereocenters. The Morgan fingerprint density at radius 3 is 1.31 bits per heavy atom. The summed E-state index contributed by atoms with van der Waals surface area (Å²) in [5.74, 6) is 6.80. The third-order valence-electron chi connectivity index (χ3n) is 0.908. The van der Waals surface area contributed by atoms with E-state index in [1.165, 1.54) is 0 Å². The van der Waals surface area contributed by atoms with Crippen LogP contribution in [-0.4, -0.2) is 27.1 Å². The Kier molecular flexibility index (Phi) is 7.80. The molecule has 0 saturated carbocycles. The lowest BCUT2D eigenvalue weighted by Gasteiger charge is -2.08. The Hall–Kier alpha value is -1.38. The van der Waals surface area contributed by atoms with Crippen molar-refractivity contribution in [3.8, 4) is 37.0 Å². The van der Waals surface area contributed by atoms with Crippen LogP contribution in [0, 0.1) is 37.0 Å². The normalized spacial score (nSPS) is 8.08. The predicted octanol–water partition coefficient (Wildman–Crippen LogP) is -0.0793. The molecular formula is C9H9BO3. The quantitative estimate of drug-likeness (QED) is 0.418. The van der Waals surface area contributed by atoms with Crippen LogP contribution < -0.4 is 0 Å². The molecule has 0 aromatic rings. The van der Waals surface area contributed by atoms with Gasteiger partial charge in [0.1, 0.15) is 0 Å². The summed E-state index contributed by atoms with van der Waals surface area (Å²) in [4.78, 5) is 0. The molecule has 0 spiro atoms. The van der Waals surface area contributed by atoms with Crippen LogP contribution in [0.2, 0.25) is 0 Å². The smallest absolute Gasteiger partial charge is 0.375 e. The van der Waals surface area contributed by atoms with Gasteiger partial charge in [-0.1, -0.05) is 17.8 Å². The van der Waals surface area contributed by atoms with Crippen LogP contribution in [0.3, 0.4) is 0 Å². The topological polar surface area (TPSA) is 27.7 Å². The summed E-state index contributed by atoms with van der Waals surface area (Å²) in [6.45, 7) is 0.249. The molecule has 0 aliphatic carbocycles. The summed E-state index contributed by atoms with van der Waals surface area (Å²) in [5, 5.41) is 0. The van der Waals surface area contributed by atoms with Gasteiger partial charge in [0.15, 0.2) is 0 Å². The molecule has 0 saturated heterocycles. The molecule has 3 nitrogen and oxygen atoms in total. The maximum absolute atomic E-state index is 4.97. The van der Waals surface area contributed by atoms with Gasteiger partial charge >= 0.3 is 7.32 Å². The van der Waals surface area contributed by atoms with Crippen molar-refractivity contribution in [2.24, 2.45) is 0 Å². The summed E-state index contributed by atoms with van der Waals surface area (Å²) in [5.41, 5.74) is 0. The van der Waals surface area contributed by atoms with Gasteiger partial charge in [0.05, 0.1) is 19.8 Å². The van der Waals surface area contributed by atoms with E-state index in [4.69, 9.17) is 33.2 Å². The van der Waals surface area contributed by atoms with Crippen LogP contribution in [0.4, 0.5) is 0 Å². The van der Waals surface area contributed by atoms with Gasteiger partial charge in [-0.15, -0.1) is 19.3 Å². The van der Waals surface area contributed by atoms with Gasteiger partial charge in [0.25, 0.3) is 0 Å². The molecule has 0 bridgehead atoms. The Balaban J connectivity index is 3.70. The fraction of sp³-hybridized carbons (Fsp3) is 0.333. The molecule has 0 heterocycles. The van der Waals surface area contributed by atoms with E-state index in [0.717, 1.165) is 0 Å². The lowest BCUT2D eigenvalue weighted by atomic mass is 10.2. The molecular weight excluding hydrogens is 167 g/mol. The minimum atomic E-state index is -0.886. The zero-order valence-corrected chi connectivity index (χ0v) is 7.16. The molecule has 66 valence electrons. The lowest BCUT2D eigenvalue weighted by molar-refractivity contribution is 0.128. The summed E-state index contributed by atoms with van der Waals surface area (Å²) in [6, 6.07) is 0. The molecule has 0 unspecified atom stereocenters. The third kappa shape index (κ3) is 7.00. The van der Waals surface area contributed by atoms with E-state index in [-0.39, 0.29) is 19.8 Å². The molecule has 0 amide bonds. The molecule has 0 N–H and O–H groups in total. The highest BCUT2D eigenvalue weighted by Crippen LogP contribution is 1.91. The van der Waals surface area contributed by atoms with Crippen LogP contribution in [0.1, 0.15) is 0 Å². The minimum Gasteiger partial charge on any atom is -0.375 e. The number of terminal acetylenes is 3. The maximum atomic E-state index is 4.97. The first-order chi connectivity index (χ1) is 6.35.